The molecule has 0 aliphatic carbocycles. The van der Waals surface area contributed by atoms with E-state index >= 15 is 0 Å². The van der Waals surface area contributed by atoms with Gasteiger partial charge in [-0.3, -0.25) is 0 Å². The highest BCUT2D eigenvalue weighted by Crippen LogP contribution is 2.19. The summed E-state index contributed by atoms with van der Waals surface area (Å²) in [7, 11) is 0. The molecule has 0 radical (unpaired) electrons. The first-order chi connectivity index (χ1) is 8.90. The van der Waals surface area contributed by atoms with Crippen molar-refractivity contribution in [1.82, 2.24) is 15.2 Å². The Labute approximate surface area is 111 Å². The van der Waals surface area contributed by atoms with E-state index in [2.05, 4.69) is 21.1 Å². The average molecular weight is 255 g/mol. The summed E-state index contributed by atoms with van der Waals surface area (Å²) < 4.78 is 0. The van der Waals surface area contributed by atoms with E-state index in [1.165, 1.54) is 0 Å². The minimum atomic E-state index is 0.702. The second-order valence-electron chi connectivity index (χ2n) is 3.65. The van der Waals surface area contributed by atoms with E-state index in [1.807, 2.05) is 30.3 Å². The first-order valence-corrected chi connectivity index (χ1v) is 6.70. The minimum Gasteiger partial charge on any atom is -0.219 e. The van der Waals surface area contributed by atoms with Crippen molar-refractivity contribution >= 4 is 11.8 Å². The first kappa shape index (κ1) is 12.6. The highest BCUT2D eigenvalue weighted by atomic mass is 32.2. The van der Waals surface area contributed by atoms with Gasteiger partial charge in [0.2, 0.25) is 5.16 Å². The molecule has 0 aliphatic rings. The van der Waals surface area contributed by atoms with Crippen molar-refractivity contribution in [2.24, 2.45) is 0 Å². The van der Waals surface area contributed by atoms with Crippen molar-refractivity contribution in [2.75, 3.05) is 5.75 Å². The molecular formula is C14H13N3S. The lowest BCUT2D eigenvalue weighted by Crippen LogP contribution is -1.94. The van der Waals surface area contributed by atoms with Gasteiger partial charge in [-0.05, 0) is 6.42 Å². The molecule has 0 atom stereocenters. The highest BCUT2D eigenvalue weighted by molar-refractivity contribution is 7.99. The predicted molar refractivity (Wildman–Crippen MR) is 74.1 cm³/mol. The number of hydrogen-bond donors (Lipinski definition) is 0. The molecule has 90 valence electrons. The Bertz CT molecular complexity index is 534. The average Bonchev–Trinajstić information content (AvgIpc) is 2.45. The van der Waals surface area contributed by atoms with Crippen LogP contribution in [-0.2, 0) is 0 Å². The summed E-state index contributed by atoms with van der Waals surface area (Å²) in [5.41, 5.74) is 1.91. The lowest BCUT2D eigenvalue weighted by Gasteiger charge is -2.02. The van der Waals surface area contributed by atoms with Crippen LogP contribution in [0.5, 0.6) is 0 Å². The number of thioether (sulfide) groups is 1. The number of rotatable bonds is 5. The van der Waals surface area contributed by atoms with Crippen LogP contribution in [-0.4, -0.2) is 20.9 Å². The van der Waals surface area contributed by atoms with Gasteiger partial charge in [0.05, 0.1) is 11.9 Å². The Morgan fingerprint density at radius 3 is 2.83 bits per heavy atom. The molecule has 1 aromatic carbocycles. The number of benzene rings is 1. The smallest absolute Gasteiger partial charge is 0.209 e. The van der Waals surface area contributed by atoms with E-state index in [-0.39, 0.29) is 0 Å². The van der Waals surface area contributed by atoms with Gasteiger partial charge in [-0.15, -0.1) is 17.4 Å². The topological polar surface area (TPSA) is 38.7 Å². The lowest BCUT2D eigenvalue weighted by atomic mass is 10.2. The summed E-state index contributed by atoms with van der Waals surface area (Å²) in [5, 5.41) is 8.70. The van der Waals surface area contributed by atoms with E-state index in [0.717, 1.165) is 29.9 Å². The number of aromatic nitrogens is 3. The predicted octanol–water partition coefficient (Wildman–Crippen LogP) is 3.04. The van der Waals surface area contributed by atoms with Crippen LogP contribution >= 0.6 is 11.8 Å². The molecule has 0 spiro atoms. The summed E-state index contributed by atoms with van der Waals surface area (Å²) in [4.78, 5) is 4.48. The molecule has 2 rings (SSSR count). The lowest BCUT2D eigenvalue weighted by molar-refractivity contribution is 0.841. The van der Waals surface area contributed by atoms with Crippen molar-refractivity contribution in [3.63, 3.8) is 0 Å². The second-order valence-corrected chi connectivity index (χ2v) is 4.71. The van der Waals surface area contributed by atoms with E-state index < -0.39 is 0 Å². The summed E-state index contributed by atoms with van der Waals surface area (Å²) >= 11 is 1.59. The second kappa shape index (κ2) is 6.77. The van der Waals surface area contributed by atoms with Gasteiger partial charge in [-0.2, -0.15) is 5.10 Å². The minimum absolute atomic E-state index is 0.702. The van der Waals surface area contributed by atoms with Crippen LogP contribution in [0.3, 0.4) is 0 Å². The molecule has 4 heteroatoms. The third-order valence-corrected chi connectivity index (χ3v) is 3.23. The molecule has 0 fully saturated rings. The zero-order valence-corrected chi connectivity index (χ0v) is 10.7. The van der Waals surface area contributed by atoms with Gasteiger partial charge < -0.3 is 0 Å². The summed E-state index contributed by atoms with van der Waals surface area (Å²) in [5.74, 6) is 3.54. The van der Waals surface area contributed by atoms with E-state index in [4.69, 9.17) is 6.42 Å². The largest absolute Gasteiger partial charge is 0.219 e. The number of hydrogen-bond acceptors (Lipinski definition) is 4. The zero-order valence-electron chi connectivity index (χ0n) is 9.91. The standard InChI is InChI=1S/C14H13N3S/c1-2-3-7-10-18-14-16-13(11-15-17-14)12-8-5-4-6-9-12/h1,4-6,8-9,11H,3,7,10H2. The molecule has 3 nitrogen and oxygen atoms in total. The SMILES string of the molecule is C#CCCCSc1nncc(-c2ccccc2)n1. The third-order valence-electron chi connectivity index (χ3n) is 2.31. The van der Waals surface area contributed by atoms with Gasteiger partial charge in [-0.25, -0.2) is 4.98 Å². The molecular weight excluding hydrogens is 242 g/mol. The summed E-state index contributed by atoms with van der Waals surface area (Å²) in [6.07, 6.45) is 8.65. The molecule has 0 saturated heterocycles. The normalized spacial score (nSPS) is 9.94. The molecule has 0 amide bonds. The van der Waals surface area contributed by atoms with Crippen molar-refractivity contribution in [3.8, 4) is 23.6 Å². The Morgan fingerprint density at radius 2 is 2.06 bits per heavy atom. The number of terminal acetylenes is 1. The first-order valence-electron chi connectivity index (χ1n) is 5.71. The molecule has 18 heavy (non-hydrogen) atoms. The third kappa shape index (κ3) is 3.57. The van der Waals surface area contributed by atoms with Gasteiger partial charge in [0.25, 0.3) is 0 Å². The van der Waals surface area contributed by atoms with Gasteiger partial charge in [0.15, 0.2) is 0 Å². The molecule has 2 aromatic rings. The van der Waals surface area contributed by atoms with Crippen LogP contribution in [0, 0.1) is 12.3 Å². The van der Waals surface area contributed by atoms with Crippen molar-refractivity contribution < 1.29 is 0 Å². The van der Waals surface area contributed by atoms with Crippen LogP contribution < -0.4 is 0 Å². The van der Waals surface area contributed by atoms with Crippen LogP contribution in [0.4, 0.5) is 0 Å². The van der Waals surface area contributed by atoms with Crippen molar-refractivity contribution in [3.05, 3.63) is 36.5 Å². The Hall–Kier alpha value is -1.86. The quantitative estimate of drug-likeness (QED) is 0.467. The molecule has 0 N–H and O–H groups in total. The maximum atomic E-state index is 5.21. The highest BCUT2D eigenvalue weighted by Gasteiger charge is 2.03. The Morgan fingerprint density at radius 1 is 1.22 bits per heavy atom. The van der Waals surface area contributed by atoms with Gasteiger partial charge in [0.1, 0.15) is 0 Å². The van der Waals surface area contributed by atoms with E-state index in [9.17, 15) is 0 Å². The van der Waals surface area contributed by atoms with Gasteiger partial charge >= 0.3 is 0 Å². The maximum Gasteiger partial charge on any atom is 0.209 e. The Kier molecular flexibility index (Phi) is 4.74. The Balaban J connectivity index is 2.04. The number of unbranched alkanes of at least 4 members (excludes halogenated alkanes) is 1. The van der Waals surface area contributed by atoms with E-state index in [1.54, 1.807) is 18.0 Å². The van der Waals surface area contributed by atoms with Crippen molar-refractivity contribution in [1.29, 1.82) is 0 Å². The molecule has 0 saturated carbocycles. The van der Waals surface area contributed by atoms with Crippen molar-refractivity contribution in [2.45, 2.75) is 18.0 Å². The fourth-order valence-corrected chi connectivity index (χ4v) is 2.17. The van der Waals surface area contributed by atoms with Crippen LogP contribution in [0.1, 0.15) is 12.8 Å². The summed E-state index contributed by atoms with van der Waals surface area (Å²) in [6, 6.07) is 9.97. The fraction of sp³-hybridized carbons (Fsp3) is 0.214. The van der Waals surface area contributed by atoms with Crippen LogP contribution in [0.2, 0.25) is 0 Å². The van der Waals surface area contributed by atoms with Gasteiger partial charge in [0, 0.05) is 17.7 Å². The van der Waals surface area contributed by atoms with E-state index in [0.29, 0.717) is 5.16 Å². The van der Waals surface area contributed by atoms with Gasteiger partial charge in [-0.1, -0.05) is 42.1 Å². The molecule has 1 aromatic heterocycles. The molecule has 0 aliphatic heterocycles. The molecule has 0 bridgehead atoms. The van der Waals surface area contributed by atoms with Crippen LogP contribution in [0.15, 0.2) is 41.7 Å². The summed E-state index contributed by atoms with van der Waals surface area (Å²) in [6.45, 7) is 0. The fourth-order valence-electron chi connectivity index (χ4n) is 1.43. The van der Waals surface area contributed by atoms with Crippen LogP contribution in [0.25, 0.3) is 11.3 Å². The maximum absolute atomic E-state index is 5.21. The zero-order chi connectivity index (χ0) is 12.6. The molecule has 1 heterocycles. The number of nitrogens with zero attached hydrogens (tertiary/aromatic N) is 3. The monoisotopic (exact) mass is 255 g/mol. The molecule has 0 unspecified atom stereocenters.